The molecule has 35 heavy (non-hydrogen) atoms. The van der Waals surface area contributed by atoms with E-state index >= 15 is 0 Å². The number of benzene rings is 3. The predicted molar refractivity (Wildman–Crippen MR) is 136 cm³/mol. The fourth-order valence-electron chi connectivity index (χ4n) is 4.29. The Morgan fingerprint density at radius 3 is 2.03 bits per heavy atom. The van der Waals surface area contributed by atoms with Crippen LogP contribution in [0.25, 0.3) is 0 Å². The van der Waals surface area contributed by atoms with Gasteiger partial charge in [0.1, 0.15) is 11.8 Å². The van der Waals surface area contributed by atoms with Gasteiger partial charge in [-0.15, -0.1) is 0 Å². The molecule has 0 aromatic heterocycles. The summed E-state index contributed by atoms with van der Waals surface area (Å²) in [6.45, 7) is 0.206. The molecule has 0 radical (unpaired) electrons. The molecule has 1 atom stereocenters. The van der Waals surface area contributed by atoms with Crippen LogP contribution in [0.4, 0.5) is 5.69 Å². The molecule has 4 rings (SSSR count). The van der Waals surface area contributed by atoms with Crippen molar-refractivity contribution in [3.05, 3.63) is 106 Å². The van der Waals surface area contributed by atoms with Crippen molar-refractivity contribution in [2.24, 2.45) is 0 Å². The minimum atomic E-state index is -3.83. The number of anilines is 1. The van der Waals surface area contributed by atoms with Gasteiger partial charge in [0.2, 0.25) is 10.0 Å². The second kappa shape index (κ2) is 9.81. The second-order valence-corrected chi connectivity index (χ2v) is 10.9. The lowest BCUT2D eigenvalue weighted by Crippen LogP contribution is -2.60. The maximum Gasteiger partial charge on any atom is 0.330 e. The highest BCUT2D eigenvalue weighted by molar-refractivity contribution is 7.92. The van der Waals surface area contributed by atoms with Gasteiger partial charge in [-0.05, 0) is 47.5 Å². The van der Waals surface area contributed by atoms with Crippen LogP contribution in [0.1, 0.15) is 17.2 Å². The molecule has 3 aromatic rings. The van der Waals surface area contributed by atoms with E-state index in [4.69, 9.17) is 23.2 Å². The smallest absolute Gasteiger partial charge is 0.330 e. The first-order valence-electron chi connectivity index (χ1n) is 10.5. The first-order valence-corrected chi connectivity index (χ1v) is 13.2. The molecule has 10 heteroatoms. The molecular weight excluding hydrogens is 511 g/mol. The van der Waals surface area contributed by atoms with E-state index in [9.17, 15) is 23.4 Å². The number of likely N-dealkylation sites (tertiary alicyclic amines) is 1. The van der Waals surface area contributed by atoms with E-state index < -0.39 is 28.1 Å². The maximum atomic E-state index is 12.8. The van der Waals surface area contributed by atoms with Crippen molar-refractivity contribution in [1.29, 1.82) is 0 Å². The Balaban J connectivity index is 1.81. The van der Waals surface area contributed by atoms with Gasteiger partial charge in [-0.25, -0.2) is 13.2 Å². The SMILES string of the molecule is CS(=O)(=O)N(c1cccc(O)c1)C1CN(C(c2ccc(Cl)cc2)c2ccc(Cl)cc2)/C1=C\C(=O)O. The summed E-state index contributed by atoms with van der Waals surface area (Å²) in [7, 11) is -3.83. The van der Waals surface area contributed by atoms with Crippen LogP contribution in [0.15, 0.2) is 84.6 Å². The average Bonchev–Trinajstić information content (AvgIpc) is 2.78. The van der Waals surface area contributed by atoms with Crippen molar-refractivity contribution in [2.45, 2.75) is 12.1 Å². The summed E-state index contributed by atoms with van der Waals surface area (Å²) >= 11 is 12.2. The van der Waals surface area contributed by atoms with Crippen LogP contribution in [0.5, 0.6) is 5.75 Å². The third-order valence-electron chi connectivity index (χ3n) is 5.72. The topological polar surface area (TPSA) is 98.2 Å². The monoisotopic (exact) mass is 532 g/mol. The summed E-state index contributed by atoms with van der Waals surface area (Å²) in [4.78, 5) is 13.6. The zero-order chi connectivity index (χ0) is 25.3. The predicted octanol–water partition coefficient (Wildman–Crippen LogP) is 4.91. The van der Waals surface area contributed by atoms with Crippen molar-refractivity contribution < 1.29 is 23.4 Å². The molecule has 1 heterocycles. The molecule has 1 unspecified atom stereocenters. The largest absolute Gasteiger partial charge is 0.508 e. The van der Waals surface area contributed by atoms with Gasteiger partial charge in [0.05, 0.1) is 18.0 Å². The highest BCUT2D eigenvalue weighted by Crippen LogP contribution is 2.42. The van der Waals surface area contributed by atoms with Gasteiger partial charge in [-0.2, -0.15) is 0 Å². The van der Waals surface area contributed by atoms with Gasteiger partial charge in [-0.3, -0.25) is 4.31 Å². The standard InChI is InChI=1S/C25H22Cl2N2O5S/c1-35(33,34)29(20-3-2-4-21(30)13-20)23-15-28(22(23)14-24(31)32)25(16-5-9-18(26)10-6-16)17-7-11-19(27)12-8-17/h2-14,23,25,30H,15H2,1H3,(H,31,32)/b22-14-. The Bertz CT molecular complexity index is 1330. The summed E-state index contributed by atoms with van der Waals surface area (Å²) in [6.07, 6.45) is 2.07. The molecule has 1 fully saturated rings. The van der Waals surface area contributed by atoms with E-state index in [1.807, 2.05) is 29.2 Å². The van der Waals surface area contributed by atoms with E-state index in [2.05, 4.69) is 0 Å². The summed E-state index contributed by atoms with van der Waals surface area (Å²) < 4.78 is 26.8. The number of hydrogen-bond acceptors (Lipinski definition) is 5. The molecule has 0 saturated carbocycles. The Labute approximate surface area is 213 Å². The molecule has 182 valence electrons. The molecular formula is C25H22Cl2N2O5S. The Kier molecular flexibility index (Phi) is 6.98. The van der Waals surface area contributed by atoms with Crippen molar-refractivity contribution >= 4 is 44.9 Å². The number of carboxylic acid groups (broad SMARTS) is 1. The van der Waals surface area contributed by atoms with Gasteiger partial charge < -0.3 is 15.1 Å². The second-order valence-electron chi connectivity index (χ2n) is 8.16. The molecule has 2 N–H and O–H groups in total. The molecule has 1 aliphatic rings. The fourth-order valence-corrected chi connectivity index (χ4v) is 5.68. The molecule has 0 aliphatic carbocycles. The van der Waals surface area contributed by atoms with Crippen molar-refractivity contribution in [3.63, 3.8) is 0 Å². The summed E-state index contributed by atoms with van der Waals surface area (Å²) in [6, 6.07) is 19.0. The van der Waals surface area contributed by atoms with Gasteiger partial charge in [0, 0.05) is 34.4 Å². The van der Waals surface area contributed by atoms with Crippen molar-refractivity contribution in [3.8, 4) is 5.75 Å². The lowest BCUT2D eigenvalue weighted by molar-refractivity contribution is -0.131. The number of carbonyl (C=O) groups is 1. The van der Waals surface area contributed by atoms with E-state index in [0.717, 1.165) is 27.8 Å². The van der Waals surface area contributed by atoms with Crippen LogP contribution in [0.2, 0.25) is 10.0 Å². The fraction of sp³-hybridized carbons (Fsp3) is 0.160. The van der Waals surface area contributed by atoms with Crippen LogP contribution < -0.4 is 4.31 Å². The Morgan fingerprint density at radius 2 is 1.57 bits per heavy atom. The normalized spacial score (nSPS) is 16.9. The molecule has 0 bridgehead atoms. The number of carboxylic acids is 1. The lowest BCUT2D eigenvalue weighted by Gasteiger charge is -2.52. The van der Waals surface area contributed by atoms with Crippen LogP contribution >= 0.6 is 23.2 Å². The van der Waals surface area contributed by atoms with Gasteiger partial charge in [0.25, 0.3) is 0 Å². The molecule has 1 aliphatic heterocycles. The minimum absolute atomic E-state index is 0.101. The van der Waals surface area contributed by atoms with Gasteiger partial charge >= 0.3 is 5.97 Å². The van der Waals surface area contributed by atoms with E-state index in [1.165, 1.54) is 18.2 Å². The van der Waals surface area contributed by atoms with Crippen molar-refractivity contribution in [2.75, 3.05) is 17.1 Å². The number of phenolic OH excluding ortho intramolecular Hbond substituents is 1. The number of rotatable bonds is 7. The highest BCUT2D eigenvalue weighted by atomic mass is 35.5. The zero-order valence-corrected chi connectivity index (χ0v) is 20.9. The van der Waals surface area contributed by atoms with Gasteiger partial charge in [0.15, 0.2) is 0 Å². The summed E-state index contributed by atoms with van der Waals surface area (Å²) in [5, 5.41) is 20.7. The maximum absolute atomic E-state index is 12.8. The quantitative estimate of drug-likeness (QED) is 0.419. The van der Waals surface area contributed by atoms with Crippen LogP contribution in [-0.2, 0) is 14.8 Å². The van der Waals surface area contributed by atoms with Crippen molar-refractivity contribution in [1.82, 2.24) is 4.90 Å². The molecule has 7 nitrogen and oxygen atoms in total. The number of aliphatic carboxylic acids is 1. The number of phenols is 1. The minimum Gasteiger partial charge on any atom is -0.508 e. The average molecular weight is 533 g/mol. The number of sulfonamides is 1. The number of aromatic hydroxyl groups is 1. The molecule has 3 aromatic carbocycles. The van der Waals surface area contributed by atoms with E-state index in [1.54, 1.807) is 30.3 Å². The lowest BCUT2D eigenvalue weighted by atomic mass is 9.90. The number of nitrogens with zero attached hydrogens (tertiary/aromatic N) is 2. The molecule has 1 saturated heterocycles. The third kappa shape index (κ3) is 5.40. The number of halogens is 2. The first-order chi connectivity index (χ1) is 16.5. The highest BCUT2D eigenvalue weighted by Gasteiger charge is 2.45. The Hall–Kier alpha value is -3.20. The molecule has 0 amide bonds. The van der Waals surface area contributed by atoms with Crippen LogP contribution in [-0.4, -0.2) is 48.3 Å². The summed E-state index contributed by atoms with van der Waals surface area (Å²) in [5.74, 6) is -1.30. The zero-order valence-electron chi connectivity index (χ0n) is 18.5. The summed E-state index contributed by atoms with van der Waals surface area (Å²) in [5.41, 5.74) is 2.23. The Morgan fingerprint density at radius 1 is 1.03 bits per heavy atom. The first kappa shape index (κ1) is 24.9. The number of hydrogen-bond donors (Lipinski definition) is 2. The van der Waals surface area contributed by atoms with Gasteiger partial charge in [-0.1, -0.05) is 53.5 Å². The third-order valence-corrected chi connectivity index (χ3v) is 7.41. The van der Waals surface area contributed by atoms with E-state index in [-0.39, 0.29) is 18.0 Å². The van der Waals surface area contributed by atoms with Crippen LogP contribution in [0.3, 0.4) is 0 Å². The van der Waals surface area contributed by atoms with E-state index in [0.29, 0.717) is 15.7 Å². The van der Waals surface area contributed by atoms with Crippen LogP contribution in [0, 0.1) is 0 Å². The molecule has 0 spiro atoms.